The Morgan fingerprint density at radius 1 is 0.950 bits per heavy atom. The summed E-state index contributed by atoms with van der Waals surface area (Å²) in [5.74, 6) is 0.863. The summed E-state index contributed by atoms with van der Waals surface area (Å²) in [6, 6.07) is 9.85. The average molecular weight is 273 g/mol. The summed E-state index contributed by atoms with van der Waals surface area (Å²) in [6.45, 7) is 12.4. The van der Waals surface area contributed by atoms with E-state index >= 15 is 0 Å². The Kier molecular flexibility index (Phi) is 4.90. The number of hydrogen-bond acceptors (Lipinski definition) is 1. The molecule has 2 aliphatic heterocycles. The van der Waals surface area contributed by atoms with Crippen molar-refractivity contribution in [2.75, 3.05) is 6.54 Å². The van der Waals surface area contributed by atoms with Gasteiger partial charge in [-0.15, -0.1) is 0 Å². The van der Waals surface area contributed by atoms with E-state index in [1.807, 2.05) is 13.8 Å². The van der Waals surface area contributed by atoms with Crippen LogP contribution in [0.1, 0.15) is 58.6 Å². The second-order valence-corrected chi connectivity index (χ2v) is 7.10. The van der Waals surface area contributed by atoms with E-state index in [0.29, 0.717) is 5.54 Å². The van der Waals surface area contributed by atoms with Crippen LogP contribution >= 0.6 is 0 Å². The fourth-order valence-corrected chi connectivity index (χ4v) is 3.82. The maximum absolute atomic E-state index is 2.76. The minimum atomic E-state index is 0.315. The number of piperidine rings is 1. The van der Waals surface area contributed by atoms with E-state index in [1.54, 1.807) is 11.1 Å². The zero-order chi connectivity index (χ0) is 14.8. The van der Waals surface area contributed by atoms with Crippen LogP contribution in [0.25, 0.3) is 0 Å². The van der Waals surface area contributed by atoms with Gasteiger partial charge in [-0.1, -0.05) is 38.1 Å². The van der Waals surface area contributed by atoms with E-state index in [4.69, 9.17) is 0 Å². The molecule has 1 aliphatic carbocycles. The molecule has 0 amide bonds. The van der Waals surface area contributed by atoms with Crippen molar-refractivity contribution in [1.82, 2.24) is 4.90 Å². The van der Waals surface area contributed by atoms with Gasteiger partial charge in [0.2, 0.25) is 0 Å². The molecule has 4 rings (SSSR count). The first-order chi connectivity index (χ1) is 9.54. The normalized spacial score (nSPS) is 26.1. The molecule has 1 aromatic carbocycles. The Balaban J connectivity index is 0.000000704. The van der Waals surface area contributed by atoms with Gasteiger partial charge in [-0.25, -0.2) is 0 Å². The van der Waals surface area contributed by atoms with Crippen molar-refractivity contribution in [3.63, 3.8) is 0 Å². The monoisotopic (exact) mass is 273 g/mol. The molecule has 0 saturated carbocycles. The molecule has 1 heteroatoms. The van der Waals surface area contributed by atoms with E-state index in [0.717, 1.165) is 12.0 Å². The smallest absolute Gasteiger partial charge is 0.0141 e. The summed E-state index contributed by atoms with van der Waals surface area (Å²) in [4.78, 5) is 2.76. The Morgan fingerprint density at radius 3 is 2.15 bits per heavy atom. The number of rotatable bonds is 0. The third kappa shape index (κ3) is 3.25. The van der Waals surface area contributed by atoms with Gasteiger partial charge in [0.15, 0.2) is 0 Å². The van der Waals surface area contributed by atoms with Crippen molar-refractivity contribution in [3.05, 3.63) is 35.4 Å². The molecule has 112 valence electrons. The number of benzene rings is 1. The van der Waals surface area contributed by atoms with E-state index in [1.165, 1.54) is 32.2 Å². The molecule has 2 bridgehead atoms. The molecule has 1 nitrogen and oxygen atoms in total. The van der Waals surface area contributed by atoms with Crippen molar-refractivity contribution in [2.45, 2.75) is 71.9 Å². The molecule has 20 heavy (non-hydrogen) atoms. The van der Waals surface area contributed by atoms with Gasteiger partial charge >= 0.3 is 0 Å². The summed E-state index contributed by atoms with van der Waals surface area (Å²) in [6.07, 6.45) is 5.34. The second-order valence-electron chi connectivity index (χ2n) is 7.10. The highest BCUT2D eigenvalue weighted by molar-refractivity contribution is 5.30. The molecule has 0 unspecified atom stereocenters. The molecule has 2 atom stereocenters. The third-order valence-electron chi connectivity index (χ3n) is 4.75. The van der Waals surface area contributed by atoms with Crippen LogP contribution in [-0.2, 0) is 12.8 Å². The van der Waals surface area contributed by atoms with Gasteiger partial charge in [-0.3, -0.25) is 4.90 Å². The number of nitrogens with zero attached hydrogens (tertiary/aromatic N) is 1. The highest BCUT2D eigenvalue weighted by atomic mass is 15.2. The molecule has 1 aromatic rings. The largest absolute Gasteiger partial charge is 0.295 e. The van der Waals surface area contributed by atoms with Gasteiger partial charge < -0.3 is 0 Å². The first-order valence-electron chi connectivity index (χ1n) is 8.37. The topological polar surface area (TPSA) is 3.24 Å². The highest BCUT2D eigenvalue weighted by Gasteiger charge is 2.36. The summed E-state index contributed by atoms with van der Waals surface area (Å²) in [5, 5.41) is 0. The van der Waals surface area contributed by atoms with Crippen molar-refractivity contribution in [1.29, 1.82) is 0 Å². The predicted molar refractivity (Wildman–Crippen MR) is 88.2 cm³/mol. The van der Waals surface area contributed by atoms with Gasteiger partial charge in [0, 0.05) is 18.1 Å². The summed E-state index contributed by atoms with van der Waals surface area (Å²) >= 11 is 0. The lowest BCUT2D eigenvalue weighted by molar-refractivity contribution is 0.0216. The molecule has 0 N–H and O–H groups in total. The molecule has 3 aliphatic rings. The summed E-state index contributed by atoms with van der Waals surface area (Å²) in [5.41, 5.74) is 3.53. The van der Waals surface area contributed by atoms with Crippen LogP contribution in [-0.4, -0.2) is 23.0 Å². The van der Waals surface area contributed by atoms with Crippen LogP contribution in [0.5, 0.6) is 0 Å². The Hall–Kier alpha value is -0.820. The average Bonchev–Trinajstić information content (AvgIpc) is 2.39. The summed E-state index contributed by atoms with van der Waals surface area (Å²) < 4.78 is 0. The fraction of sp³-hybridized carbons (Fsp3) is 0.684. The van der Waals surface area contributed by atoms with E-state index in [9.17, 15) is 0 Å². The molecule has 1 saturated heterocycles. The second kappa shape index (κ2) is 6.30. The lowest BCUT2D eigenvalue weighted by atomic mass is 9.78. The Morgan fingerprint density at radius 2 is 1.55 bits per heavy atom. The van der Waals surface area contributed by atoms with E-state index in [-0.39, 0.29) is 0 Å². The molecule has 1 fully saturated rings. The highest BCUT2D eigenvalue weighted by Crippen LogP contribution is 2.35. The predicted octanol–water partition coefficient (Wildman–Crippen LogP) is 4.69. The SMILES string of the molecule is CC.CC(C)(C)N1C[C@@H]2CC[C@H]1Cc1ccccc1C2. The van der Waals surface area contributed by atoms with Crippen LogP contribution in [0.15, 0.2) is 24.3 Å². The van der Waals surface area contributed by atoms with Crippen molar-refractivity contribution in [2.24, 2.45) is 5.92 Å². The van der Waals surface area contributed by atoms with Gasteiger partial charge in [-0.2, -0.15) is 0 Å². The molecule has 0 spiro atoms. The molecule has 0 radical (unpaired) electrons. The minimum absolute atomic E-state index is 0.315. The van der Waals surface area contributed by atoms with Gasteiger partial charge in [0.05, 0.1) is 0 Å². The van der Waals surface area contributed by atoms with Crippen LogP contribution in [0.3, 0.4) is 0 Å². The van der Waals surface area contributed by atoms with Crippen molar-refractivity contribution >= 4 is 0 Å². The lowest BCUT2D eigenvalue weighted by Crippen LogP contribution is -2.55. The minimum Gasteiger partial charge on any atom is -0.295 e. The van der Waals surface area contributed by atoms with Crippen LogP contribution in [0.2, 0.25) is 0 Å². The first-order valence-corrected chi connectivity index (χ1v) is 8.37. The van der Waals surface area contributed by atoms with Crippen molar-refractivity contribution < 1.29 is 0 Å². The number of fused-ring (bicyclic) bond motifs is 2. The zero-order valence-electron chi connectivity index (χ0n) is 13.9. The van der Waals surface area contributed by atoms with E-state index in [2.05, 4.69) is 49.9 Å². The maximum atomic E-state index is 2.76. The maximum Gasteiger partial charge on any atom is 0.0141 e. The zero-order valence-corrected chi connectivity index (χ0v) is 13.9. The van der Waals surface area contributed by atoms with Crippen LogP contribution in [0.4, 0.5) is 0 Å². The standard InChI is InChI=1S/C17H25N.C2H6/c1-17(2,3)18-12-13-8-9-16(18)11-15-7-5-4-6-14(15)10-13;1-2/h4-7,13,16H,8-12H2,1-3H3;1-2H3/t13-,16+;/m1./s1. The fourth-order valence-electron chi connectivity index (χ4n) is 3.82. The van der Waals surface area contributed by atoms with Crippen LogP contribution in [0, 0.1) is 5.92 Å². The van der Waals surface area contributed by atoms with Gasteiger partial charge in [0.25, 0.3) is 0 Å². The Bertz CT molecular complexity index is 430. The molecular weight excluding hydrogens is 242 g/mol. The van der Waals surface area contributed by atoms with Gasteiger partial charge in [-0.05, 0) is 63.5 Å². The molecule has 2 heterocycles. The molecular formula is C19H31N. The quantitative estimate of drug-likeness (QED) is 0.663. The van der Waals surface area contributed by atoms with Crippen LogP contribution < -0.4 is 0 Å². The molecule has 0 aromatic heterocycles. The third-order valence-corrected chi connectivity index (χ3v) is 4.75. The number of hydrogen-bond donors (Lipinski definition) is 0. The summed E-state index contributed by atoms with van der Waals surface area (Å²) in [7, 11) is 0. The lowest BCUT2D eigenvalue weighted by Gasteiger charge is -2.49. The first kappa shape index (κ1) is 15.6. The van der Waals surface area contributed by atoms with Gasteiger partial charge in [0.1, 0.15) is 0 Å². The Labute approximate surface area is 125 Å². The van der Waals surface area contributed by atoms with E-state index < -0.39 is 0 Å². The van der Waals surface area contributed by atoms with Crippen molar-refractivity contribution in [3.8, 4) is 0 Å².